The Kier molecular flexibility index (Phi) is 2.75. The zero-order chi connectivity index (χ0) is 14.3. The van der Waals surface area contributed by atoms with E-state index >= 15 is 0 Å². The fraction of sp³-hybridized carbons (Fsp3) is 0.0667. The second kappa shape index (κ2) is 4.45. The van der Waals surface area contributed by atoms with E-state index < -0.39 is 11.6 Å². The van der Waals surface area contributed by atoms with E-state index in [-0.39, 0.29) is 17.0 Å². The number of ketones is 1. The number of hydrogen-bond donors (Lipinski definition) is 0. The lowest BCUT2D eigenvalue weighted by molar-refractivity contribution is -0.358. The predicted molar refractivity (Wildman–Crippen MR) is 71.1 cm³/mol. The number of benzene rings is 2. The van der Waals surface area contributed by atoms with E-state index in [1.165, 1.54) is 19.2 Å². The second-order valence-corrected chi connectivity index (χ2v) is 4.34. The van der Waals surface area contributed by atoms with Crippen molar-refractivity contribution in [3.63, 3.8) is 0 Å². The van der Waals surface area contributed by atoms with Gasteiger partial charge < -0.3 is 9.94 Å². The number of para-hydroxylation sites is 1. The van der Waals surface area contributed by atoms with Crippen LogP contribution in [0.15, 0.2) is 42.5 Å². The van der Waals surface area contributed by atoms with Crippen molar-refractivity contribution in [3.05, 3.63) is 64.6 Å². The van der Waals surface area contributed by atoms with Crippen LogP contribution in [0.3, 0.4) is 0 Å². The lowest BCUT2D eigenvalue weighted by Crippen LogP contribution is -2.16. The normalized spacial score (nSPS) is 13.6. The van der Waals surface area contributed by atoms with E-state index in [4.69, 9.17) is 4.74 Å². The summed E-state index contributed by atoms with van der Waals surface area (Å²) < 4.78 is 19.1. The summed E-state index contributed by atoms with van der Waals surface area (Å²) in [5.41, 5.74) is 0.164. The molecule has 5 heteroatoms. The minimum atomic E-state index is -0.705. The second-order valence-electron chi connectivity index (χ2n) is 4.34. The topological polar surface area (TPSA) is 52.4 Å². The Hall–Kier alpha value is -2.69. The molecule has 3 rings (SSSR count). The fourth-order valence-corrected chi connectivity index (χ4v) is 2.26. The first-order valence-corrected chi connectivity index (χ1v) is 5.95. The molecule has 0 amide bonds. The maximum Gasteiger partial charge on any atom is 0.273 e. The van der Waals surface area contributed by atoms with Crippen molar-refractivity contribution < 1.29 is 18.7 Å². The molecule has 0 radical (unpaired) electrons. The largest absolute Gasteiger partial charge is 0.618 e. The number of carbonyl (C=O) groups is 1. The first kappa shape index (κ1) is 12.3. The maximum atomic E-state index is 13.7. The summed E-state index contributed by atoms with van der Waals surface area (Å²) >= 11 is 0. The van der Waals surface area contributed by atoms with Gasteiger partial charge in [-0.3, -0.25) is 4.79 Å². The highest BCUT2D eigenvalue weighted by molar-refractivity contribution is 6.52. The van der Waals surface area contributed by atoms with Crippen LogP contribution in [0.2, 0.25) is 0 Å². The zero-order valence-electron chi connectivity index (χ0n) is 10.6. The van der Waals surface area contributed by atoms with Crippen LogP contribution >= 0.6 is 0 Å². The van der Waals surface area contributed by atoms with Gasteiger partial charge in [-0.25, -0.2) is 0 Å². The van der Waals surface area contributed by atoms with Crippen molar-refractivity contribution >= 4 is 17.2 Å². The summed E-state index contributed by atoms with van der Waals surface area (Å²) in [6.45, 7) is 0. The average Bonchev–Trinajstić information content (AvgIpc) is 2.72. The summed E-state index contributed by atoms with van der Waals surface area (Å²) in [6.07, 6.45) is 0. The molecule has 1 aliphatic rings. The van der Waals surface area contributed by atoms with Gasteiger partial charge in [0.15, 0.2) is 5.82 Å². The first-order valence-electron chi connectivity index (χ1n) is 5.95. The van der Waals surface area contributed by atoms with Crippen LogP contribution in [0.4, 0.5) is 10.1 Å². The van der Waals surface area contributed by atoms with Crippen molar-refractivity contribution in [2.75, 3.05) is 7.11 Å². The molecule has 2 aromatic carbocycles. The molecule has 0 aliphatic carbocycles. The molecular formula is C15H10FNO3. The van der Waals surface area contributed by atoms with Gasteiger partial charge in [0.05, 0.1) is 12.7 Å². The molecule has 0 spiro atoms. The van der Waals surface area contributed by atoms with Crippen molar-refractivity contribution in [2.24, 2.45) is 0 Å². The standard InChI is InChI=1S/C15H10FNO3/c1-20-10-5-2-4-9(8-10)13-15(18)11-6-3-7-12(16)14(11)17(13)19/h2-8H,1H3. The Labute approximate surface area is 114 Å². The highest BCUT2D eigenvalue weighted by Crippen LogP contribution is 2.31. The van der Waals surface area contributed by atoms with Gasteiger partial charge in [0.1, 0.15) is 11.3 Å². The van der Waals surface area contributed by atoms with Gasteiger partial charge in [-0.1, -0.05) is 12.1 Å². The Balaban J connectivity index is 2.21. The zero-order valence-corrected chi connectivity index (χ0v) is 10.6. The summed E-state index contributed by atoms with van der Waals surface area (Å²) in [5, 5.41) is 12.2. The molecule has 2 aromatic rings. The van der Waals surface area contributed by atoms with Crippen LogP contribution in [0.5, 0.6) is 5.75 Å². The summed E-state index contributed by atoms with van der Waals surface area (Å²) in [7, 11) is 1.49. The van der Waals surface area contributed by atoms with Gasteiger partial charge in [0, 0.05) is 0 Å². The van der Waals surface area contributed by atoms with Crippen LogP contribution < -0.4 is 4.74 Å². The molecule has 0 saturated carbocycles. The minimum absolute atomic E-state index is 0.0813. The number of halogens is 1. The van der Waals surface area contributed by atoms with Gasteiger partial charge in [0.2, 0.25) is 0 Å². The van der Waals surface area contributed by atoms with Gasteiger partial charge in [-0.15, -0.1) is 0 Å². The van der Waals surface area contributed by atoms with Crippen LogP contribution in [-0.4, -0.2) is 23.3 Å². The highest BCUT2D eigenvalue weighted by Gasteiger charge is 2.38. The van der Waals surface area contributed by atoms with Crippen molar-refractivity contribution in [3.8, 4) is 5.75 Å². The molecule has 1 heterocycles. The lowest BCUT2D eigenvalue weighted by atomic mass is 10.0. The predicted octanol–water partition coefficient (Wildman–Crippen LogP) is 2.66. The smallest absolute Gasteiger partial charge is 0.273 e. The quantitative estimate of drug-likeness (QED) is 0.623. The highest BCUT2D eigenvalue weighted by atomic mass is 19.1. The van der Waals surface area contributed by atoms with E-state index in [0.29, 0.717) is 16.1 Å². The molecule has 0 bridgehead atoms. The molecule has 0 atom stereocenters. The van der Waals surface area contributed by atoms with Gasteiger partial charge >= 0.3 is 0 Å². The molecule has 0 N–H and O–H groups in total. The SMILES string of the molecule is COc1cccc(C2=[N+]([O-])c3c(F)cccc3C2=O)c1. The molecule has 4 nitrogen and oxygen atoms in total. The van der Waals surface area contributed by atoms with Crippen LogP contribution in [0, 0.1) is 11.0 Å². The van der Waals surface area contributed by atoms with Crippen LogP contribution in [0.1, 0.15) is 15.9 Å². The average molecular weight is 271 g/mol. The number of Topliss-reactive ketones (excluding diaryl/α,β-unsaturated/α-hetero) is 1. The molecule has 20 heavy (non-hydrogen) atoms. The number of hydrogen-bond acceptors (Lipinski definition) is 3. The summed E-state index contributed by atoms with van der Waals surface area (Å²) in [4.78, 5) is 12.3. The molecule has 0 saturated heterocycles. The molecule has 100 valence electrons. The van der Waals surface area contributed by atoms with Crippen LogP contribution in [0.25, 0.3) is 0 Å². The Morgan fingerprint density at radius 2 is 1.95 bits per heavy atom. The van der Waals surface area contributed by atoms with E-state index in [1.54, 1.807) is 24.3 Å². The summed E-state index contributed by atoms with van der Waals surface area (Å²) in [6, 6.07) is 10.6. The van der Waals surface area contributed by atoms with Crippen LogP contribution in [-0.2, 0) is 0 Å². The minimum Gasteiger partial charge on any atom is -0.618 e. The Morgan fingerprint density at radius 1 is 1.20 bits per heavy atom. The fourth-order valence-electron chi connectivity index (χ4n) is 2.26. The molecule has 0 unspecified atom stereocenters. The van der Waals surface area contributed by atoms with E-state index in [1.807, 2.05) is 0 Å². The van der Waals surface area contributed by atoms with Crippen molar-refractivity contribution in [2.45, 2.75) is 0 Å². The molecule has 0 fully saturated rings. The van der Waals surface area contributed by atoms with Gasteiger partial charge in [-0.2, -0.15) is 9.13 Å². The van der Waals surface area contributed by atoms with E-state index in [2.05, 4.69) is 0 Å². The van der Waals surface area contributed by atoms with E-state index in [0.717, 1.165) is 6.07 Å². The van der Waals surface area contributed by atoms with Crippen molar-refractivity contribution in [1.82, 2.24) is 0 Å². The third kappa shape index (κ3) is 1.67. The number of ether oxygens (including phenoxy) is 1. The molecule has 1 aliphatic heterocycles. The number of nitrogens with zero attached hydrogens (tertiary/aromatic N) is 1. The van der Waals surface area contributed by atoms with Crippen molar-refractivity contribution in [1.29, 1.82) is 0 Å². The number of carbonyl (C=O) groups excluding carboxylic acids is 1. The Morgan fingerprint density at radius 3 is 2.65 bits per heavy atom. The summed E-state index contributed by atoms with van der Waals surface area (Å²) in [5.74, 6) is -0.667. The maximum absolute atomic E-state index is 13.7. The molecular weight excluding hydrogens is 261 g/mol. The monoisotopic (exact) mass is 271 g/mol. The number of methoxy groups -OCH3 is 1. The lowest BCUT2D eigenvalue weighted by Gasteiger charge is -2.04. The van der Waals surface area contributed by atoms with Gasteiger partial charge in [-0.05, 0) is 30.3 Å². The van der Waals surface area contributed by atoms with E-state index in [9.17, 15) is 14.4 Å². The molecule has 0 aromatic heterocycles. The van der Waals surface area contributed by atoms with Gasteiger partial charge in [0.25, 0.3) is 17.2 Å². The number of rotatable bonds is 2. The third-order valence-corrected chi connectivity index (χ3v) is 3.20. The number of fused-ring (bicyclic) bond motifs is 1. The third-order valence-electron chi connectivity index (χ3n) is 3.20. The first-order chi connectivity index (χ1) is 9.63. The Bertz CT molecular complexity index is 753.